The molecule has 138 valence electrons. The van der Waals surface area contributed by atoms with Crippen molar-refractivity contribution in [3.63, 3.8) is 0 Å². The highest BCUT2D eigenvalue weighted by Crippen LogP contribution is 2.41. The van der Waals surface area contributed by atoms with Gasteiger partial charge in [-0.3, -0.25) is 9.89 Å². The number of hydrogen-bond donors (Lipinski definition) is 2. The number of piperidine rings is 1. The smallest absolute Gasteiger partial charge is 0.251 e. The summed E-state index contributed by atoms with van der Waals surface area (Å²) in [5, 5.41) is 6.94. The van der Waals surface area contributed by atoms with E-state index in [0.29, 0.717) is 31.1 Å². The molecule has 0 bridgehead atoms. The molecule has 4 nitrogen and oxygen atoms in total. The molecule has 2 unspecified atom stereocenters. The molecule has 0 amide bonds. The van der Waals surface area contributed by atoms with Crippen molar-refractivity contribution in [2.75, 3.05) is 26.7 Å². The highest BCUT2D eigenvalue weighted by molar-refractivity contribution is 9.10. The average Bonchev–Trinajstić information content (AvgIpc) is 3.35. The molecule has 1 saturated heterocycles. The normalized spacial score (nSPS) is 25.2. The summed E-state index contributed by atoms with van der Waals surface area (Å²) < 4.78 is 26.0. The Hall–Kier alpha value is -1.21. The summed E-state index contributed by atoms with van der Waals surface area (Å²) in [4.78, 5) is 6.16. The van der Waals surface area contributed by atoms with Crippen LogP contribution in [-0.4, -0.2) is 56.1 Å². The van der Waals surface area contributed by atoms with Crippen LogP contribution in [0.3, 0.4) is 0 Å². The largest absolute Gasteiger partial charge is 0.354 e. The van der Waals surface area contributed by atoms with Crippen LogP contribution in [0.25, 0.3) is 0 Å². The number of nitrogens with one attached hydrogen (secondary N) is 2. The second-order valence-electron chi connectivity index (χ2n) is 6.83. The Morgan fingerprint density at radius 1 is 1.24 bits per heavy atom. The van der Waals surface area contributed by atoms with Crippen molar-refractivity contribution >= 4 is 21.9 Å². The van der Waals surface area contributed by atoms with Crippen LogP contribution < -0.4 is 10.6 Å². The minimum atomic E-state index is -2.25. The monoisotopic (exact) mass is 414 g/mol. The molecule has 0 spiro atoms. The molecule has 1 aliphatic carbocycles. The van der Waals surface area contributed by atoms with Gasteiger partial charge < -0.3 is 10.6 Å². The zero-order valence-corrected chi connectivity index (χ0v) is 16.0. The van der Waals surface area contributed by atoms with E-state index in [0.717, 1.165) is 29.7 Å². The van der Waals surface area contributed by atoms with Crippen molar-refractivity contribution in [3.05, 3.63) is 34.3 Å². The van der Waals surface area contributed by atoms with Crippen molar-refractivity contribution in [2.45, 2.75) is 43.7 Å². The van der Waals surface area contributed by atoms with Gasteiger partial charge in [0.25, 0.3) is 6.43 Å². The van der Waals surface area contributed by atoms with E-state index < -0.39 is 6.43 Å². The number of nitrogens with zero attached hydrogens (tertiary/aromatic N) is 2. The summed E-state index contributed by atoms with van der Waals surface area (Å²) in [6.45, 7) is 1.31. The van der Waals surface area contributed by atoms with E-state index in [-0.39, 0.29) is 6.54 Å². The molecule has 2 aliphatic rings. The van der Waals surface area contributed by atoms with Gasteiger partial charge in [-0.2, -0.15) is 0 Å². The number of aliphatic imine (C=N–C) groups is 1. The molecule has 1 aliphatic heterocycles. The fraction of sp³-hybridized carbons (Fsp3) is 0.611. The van der Waals surface area contributed by atoms with Gasteiger partial charge in [-0.25, -0.2) is 8.78 Å². The third-order valence-electron chi connectivity index (χ3n) is 4.96. The summed E-state index contributed by atoms with van der Waals surface area (Å²) in [6, 6.07) is 9.17. The van der Waals surface area contributed by atoms with Gasteiger partial charge in [0, 0.05) is 42.6 Å². The first-order valence-electron chi connectivity index (χ1n) is 8.81. The number of rotatable bonds is 5. The molecular formula is C18H25BrF2N4. The van der Waals surface area contributed by atoms with E-state index in [1.807, 2.05) is 4.90 Å². The molecule has 3 rings (SSSR count). The van der Waals surface area contributed by atoms with Crippen LogP contribution in [0.15, 0.2) is 33.7 Å². The van der Waals surface area contributed by atoms with Gasteiger partial charge in [0.2, 0.25) is 0 Å². The van der Waals surface area contributed by atoms with Crippen LogP contribution in [-0.2, 0) is 0 Å². The maximum Gasteiger partial charge on any atom is 0.251 e. The third kappa shape index (κ3) is 5.38. The summed E-state index contributed by atoms with van der Waals surface area (Å²) in [7, 11) is 1.78. The van der Waals surface area contributed by atoms with E-state index in [9.17, 15) is 8.78 Å². The molecule has 1 aromatic carbocycles. The Kier molecular flexibility index (Phi) is 6.28. The summed E-state index contributed by atoms with van der Waals surface area (Å²) in [5.41, 5.74) is 1.34. The van der Waals surface area contributed by atoms with E-state index in [2.05, 4.69) is 55.8 Å². The molecule has 0 radical (unpaired) electrons. The van der Waals surface area contributed by atoms with Crippen LogP contribution in [0.1, 0.15) is 30.7 Å². The van der Waals surface area contributed by atoms with Crippen molar-refractivity contribution in [1.82, 2.24) is 15.5 Å². The van der Waals surface area contributed by atoms with Gasteiger partial charge >= 0.3 is 0 Å². The predicted molar refractivity (Wildman–Crippen MR) is 100 cm³/mol. The van der Waals surface area contributed by atoms with Gasteiger partial charge in [0.1, 0.15) is 0 Å². The van der Waals surface area contributed by atoms with Crippen LogP contribution in [0.4, 0.5) is 8.78 Å². The Bertz CT molecular complexity index is 585. The van der Waals surface area contributed by atoms with Crippen molar-refractivity contribution in [1.29, 1.82) is 0 Å². The van der Waals surface area contributed by atoms with Gasteiger partial charge in [-0.15, -0.1) is 0 Å². The minimum absolute atomic E-state index is 0.114. The van der Waals surface area contributed by atoms with Gasteiger partial charge in [0.15, 0.2) is 5.96 Å². The fourth-order valence-corrected chi connectivity index (χ4v) is 3.69. The van der Waals surface area contributed by atoms with Crippen molar-refractivity contribution < 1.29 is 8.78 Å². The quantitative estimate of drug-likeness (QED) is 0.573. The first-order valence-corrected chi connectivity index (χ1v) is 9.60. The molecule has 0 aromatic heterocycles. The van der Waals surface area contributed by atoms with Gasteiger partial charge in [-0.05, 0) is 37.0 Å². The molecule has 1 aromatic rings. The van der Waals surface area contributed by atoms with Crippen LogP contribution in [0.2, 0.25) is 0 Å². The van der Waals surface area contributed by atoms with Gasteiger partial charge in [-0.1, -0.05) is 28.1 Å². The van der Waals surface area contributed by atoms with E-state index in [1.165, 1.54) is 5.56 Å². The lowest BCUT2D eigenvalue weighted by atomic mass is 10.1. The summed E-state index contributed by atoms with van der Waals surface area (Å²) in [6.07, 6.45) is 0.599. The fourth-order valence-electron chi connectivity index (χ4n) is 3.43. The zero-order valence-electron chi connectivity index (χ0n) is 14.4. The van der Waals surface area contributed by atoms with Crippen molar-refractivity contribution in [2.24, 2.45) is 4.99 Å². The summed E-state index contributed by atoms with van der Waals surface area (Å²) in [5.74, 6) is 1.34. The number of hydrogen-bond acceptors (Lipinski definition) is 2. The number of benzene rings is 1. The van der Waals surface area contributed by atoms with Crippen LogP contribution >= 0.6 is 15.9 Å². The Morgan fingerprint density at radius 2 is 1.92 bits per heavy atom. The maximum absolute atomic E-state index is 12.4. The lowest BCUT2D eigenvalue weighted by molar-refractivity contribution is 0.0744. The zero-order chi connectivity index (χ0) is 17.8. The van der Waals surface area contributed by atoms with Crippen LogP contribution in [0, 0.1) is 0 Å². The average molecular weight is 415 g/mol. The first kappa shape index (κ1) is 18.6. The van der Waals surface area contributed by atoms with Crippen molar-refractivity contribution in [3.8, 4) is 0 Å². The topological polar surface area (TPSA) is 39.7 Å². The maximum atomic E-state index is 12.4. The molecule has 2 fully saturated rings. The SMILES string of the molecule is CN=C(NC1CCN(CC(F)F)CC1)NC1CC1c1ccc(Br)cc1. The number of alkyl halides is 2. The second kappa shape index (κ2) is 8.45. The predicted octanol–water partition coefficient (Wildman–Crippen LogP) is 3.20. The molecule has 25 heavy (non-hydrogen) atoms. The Morgan fingerprint density at radius 3 is 2.52 bits per heavy atom. The second-order valence-corrected chi connectivity index (χ2v) is 7.74. The van der Waals surface area contributed by atoms with E-state index in [1.54, 1.807) is 7.05 Å². The number of guanidine groups is 1. The van der Waals surface area contributed by atoms with Gasteiger partial charge in [0.05, 0.1) is 6.54 Å². The Balaban J connectivity index is 1.43. The standard InChI is InChI=1S/C18H25BrF2N4/c1-22-18(23-14-6-8-25(9-7-14)11-17(20)21)24-16-10-15(16)12-2-4-13(19)5-3-12/h2-5,14-17H,6-11H2,1H3,(H2,22,23,24). The van der Waals surface area contributed by atoms with Crippen LogP contribution in [0.5, 0.6) is 0 Å². The highest BCUT2D eigenvalue weighted by Gasteiger charge is 2.39. The number of halogens is 3. The van der Waals surface area contributed by atoms with E-state index >= 15 is 0 Å². The molecule has 2 atom stereocenters. The number of likely N-dealkylation sites (tertiary alicyclic amines) is 1. The first-order chi connectivity index (χ1) is 12.0. The molecule has 1 heterocycles. The molecule has 2 N–H and O–H groups in total. The highest BCUT2D eigenvalue weighted by atomic mass is 79.9. The minimum Gasteiger partial charge on any atom is -0.354 e. The molecule has 1 saturated carbocycles. The molecule has 7 heteroatoms. The Labute approximate surface area is 156 Å². The third-order valence-corrected chi connectivity index (χ3v) is 5.49. The molecular weight excluding hydrogens is 390 g/mol. The lowest BCUT2D eigenvalue weighted by Gasteiger charge is -2.32. The van der Waals surface area contributed by atoms with E-state index in [4.69, 9.17) is 0 Å². The lowest BCUT2D eigenvalue weighted by Crippen LogP contribution is -2.49. The summed E-state index contributed by atoms with van der Waals surface area (Å²) >= 11 is 3.46.